The molecule has 1 aliphatic heterocycles. The van der Waals surface area contributed by atoms with Crippen molar-refractivity contribution in [3.05, 3.63) is 42.2 Å². The Hall–Kier alpha value is -2.91. The van der Waals surface area contributed by atoms with Crippen molar-refractivity contribution in [1.82, 2.24) is 24.2 Å². The van der Waals surface area contributed by atoms with Crippen molar-refractivity contribution in [2.45, 2.75) is 39.3 Å². The number of hydrogen-bond acceptors (Lipinski definition) is 6. The molecule has 2 aromatic heterocycles. The van der Waals surface area contributed by atoms with Crippen LogP contribution in [0.5, 0.6) is 0 Å². The van der Waals surface area contributed by atoms with Gasteiger partial charge in [-0.2, -0.15) is 5.10 Å². The number of rotatable bonds is 11. The molecule has 1 aliphatic rings. The van der Waals surface area contributed by atoms with E-state index in [1.165, 1.54) is 6.20 Å². The van der Waals surface area contributed by atoms with Crippen LogP contribution in [0.4, 0.5) is 5.95 Å². The van der Waals surface area contributed by atoms with Gasteiger partial charge < -0.3 is 24.2 Å². The smallest absolute Gasteiger partial charge is 0.338 e. The van der Waals surface area contributed by atoms with E-state index in [4.69, 9.17) is 14.8 Å². The topological polar surface area (TPSA) is 88.7 Å². The van der Waals surface area contributed by atoms with E-state index in [1.807, 2.05) is 13.0 Å². The molecule has 0 amide bonds. The zero-order valence-electron chi connectivity index (χ0n) is 19.4. The first-order valence-electron chi connectivity index (χ1n) is 11.9. The van der Waals surface area contributed by atoms with Crippen molar-refractivity contribution >= 4 is 23.0 Å². The number of carbonyl (C=O) groups is 1. The molecule has 0 unspecified atom stereocenters. The summed E-state index contributed by atoms with van der Waals surface area (Å²) < 4.78 is 9.65. The molecule has 178 valence electrons. The maximum Gasteiger partial charge on any atom is 0.338 e. The largest absolute Gasteiger partial charge is 0.478 e. The van der Waals surface area contributed by atoms with Gasteiger partial charge in [0.15, 0.2) is 0 Å². The molecule has 0 saturated carbocycles. The summed E-state index contributed by atoms with van der Waals surface area (Å²) in [6.45, 7) is 10.1. The molecule has 9 heteroatoms. The number of carboxylic acid groups (broad SMARTS) is 1. The van der Waals surface area contributed by atoms with E-state index < -0.39 is 5.97 Å². The third-order valence-electron chi connectivity index (χ3n) is 6.16. The molecule has 3 aromatic rings. The minimum atomic E-state index is -0.929. The molecular formula is C24H34N6O3. The molecule has 0 aliphatic carbocycles. The summed E-state index contributed by atoms with van der Waals surface area (Å²) in [5.74, 6) is 0.118. The average Bonchev–Trinajstić information content (AvgIpc) is 3.36. The maximum atomic E-state index is 11.0. The van der Waals surface area contributed by atoms with Gasteiger partial charge in [0, 0.05) is 45.5 Å². The van der Waals surface area contributed by atoms with Gasteiger partial charge in [-0.1, -0.05) is 12.1 Å². The minimum absolute atomic E-state index is 0.245. The Morgan fingerprint density at radius 3 is 2.76 bits per heavy atom. The second kappa shape index (κ2) is 11.3. The van der Waals surface area contributed by atoms with Crippen LogP contribution in [-0.4, -0.2) is 81.2 Å². The minimum Gasteiger partial charge on any atom is -0.478 e. The van der Waals surface area contributed by atoms with Crippen LogP contribution in [-0.2, 0) is 17.8 Å². The lowest BCUT2D eigenvalue weighted by molar-refractivity contribution is 0.0696. The molecular weight excluding hydrogens is 420 g/mol. The van der Waals surface area contributed by atoms with E-state index in [2.05, 4.69) is 37.7 Å². The predicted octanol–water partition coefficient (Wildman–Crippen LogP) is 2.96. The number of fused-ring (bicyclic) bond motifs is 1. The van der Waals surface area contributed by atoms with Crippen molar-refractivity contribution in [3.63, 3.8) is 0 Å². The Morgan fingerprint density at radius 2 is 1.94 bits per heavy atom. The summed E-state index contributed by atoms with van der Waals surface area (Å²) >= 11 is 0. The molecule has 0 radical (unpaired) electrons. The number of imidazole rings is 1. The summed E-state index contributed by atoms with van der Waals surface area (Å²) in [4.78, 5) is 20.9. The van der Waals surface area contributed by atoms with E-state index >= 15 is 0 Å². The summed E-state index contributed by atoms with van der Waals surface area (Å²) in [7, 11) is 0. The fourth-order valence-electron chi connectivity index (χ4n) is 4.42. The number of anilines is 1. The zero-order valence-corrected chi connectivity index (χ0v) is 19.4. The SMILES string of the molecule is CCOCCn1c(N2CCCN(CCCCn3cc(C(=O)O)cn3)CC2)nc2ccccc21. The third kappa shape index (κ3) is 5.91. The fraction of sp³-hybridized carbons (Fsp3) is 0.542. The number of para-hydroxylation sites is 2. The van der Waals surface area contributed by atoms with Crippen LogP contribution in [0.2, 0.25) is 0 Å². The van der Waals surface area contributed by atoms with Crippen molar-refractivity contribution in [2.75, 3.05) is 50.8 Å². The lowest BCUT2D eigenvalue weighted by Crippen LogP contribution is -2.33. The number of unbranched alkanes of at least 4 members (excludes halogenated alkanes) is 1. The van der Waals surface area contributed by atoms with E-state index in [9.17, 15) is 4.79 Å². The first-order chi connectivity index (χ1) is 16.2. The predicted molar refractivity (Wildman–Crippen MR) is 128 cm³/mol. The Labute approximate surface area is 194 Å². The van der Waals surface area contributed by atoms with E-state index in [-0.39, 0.29) is 5.56 Å². The molecule has 1 saturated heterocycles. The number of benzene rings is 1. The van der Waals surface area contributed by atoms with Crippen molar-refractivity contribution < 1.29 is 14.6 Å². The molecule has 0 atom stereocenters. The van der Waals surface area contributed by atoms with Crippen molar-refractivity contribution in [1.29, 1.82) is 0 Å². The number of carboxylic acids is 1. The van der Waals surface area contributed by atoms with Crippen LogP contribution in [0.25, 0.3) is 11.0 Å². The first kappa shape index (κ1) is 23.3. The second-order valence-corrected chi connectivity index (χ2v) is 8.44. The fourth-order valence-corrected chi connectivity index (χ4v) is 4.42. The van der Waals surface area contributed by atoms with Crippen molar-refractivity contribution in [3.8, 4) is 0 Å². The molecule has 1 N–H and O–H groups in total. The van der Waals surface area contributed by atoms with Gasteiger partial charge in [-0.25, -0.2) is 9.78 Å². The highest BCUT2D eigenvalue weighted by Gasteiger charge is 2.20. The molecule has 0 spiro atoms. The summed E-state index contributed by atoms with van der Waals surface area (Å²) in [6, 6.07) is 8.34. The first-order valence-corrected chi connectivity index (χ1v) is 11.9. The number of aromatic carboxylic acids is 1. The van der Waals surface area contributed by atoms with Gasteiger partial charge >= 0.3 is 5.97 Å². The molecule has 3 heterocycles. The summed E-state index contributed by atoms with van der Waals surface area (Å²) in [5, 5.41) is 13.1. The van der Waals surface area contributed by atoms with Gasteiger partial charge in [0.2, 0.25) is 5.95 Å². The lowest BCUT2D eigenvalue weighted by atomic mass is 10.2. The van der Waals surface area contributed by atoms with Crippen LogP contribution in [0, 0.1) is 0 Å². The van der Waals surface area contributed by atoms with Gasteiger partial charge in [0.1, 0.15) is 0 Å². The summed E-state index contributed by atoms with van der Waals surface area (Å²) in [5.41, 5.74) is 2.45. The Morgan fingerprint density at radius 1 is 1.09 bits per heavy atom. The number of aryl methyl sites for hydroxylation is 1. The van der Waals surface area contributed by atoms with Gasteiger partial charge in [0.25, 0.3) is 0 Å². The zero-order chi connectivity index (χ0) is 23.0. The Bertz CT molecular complexity index is 1050. The average molecular weight is 455 g/mol. The van der Waals surface area contributed by atoms with E-state index in [0.717, 1.165) is 88.7 Å². The van der Waals surface area contributed by atoms with Gasteiger partial charge in [-0.3, -0.25) is 4.68 Å². The Kier molecular flexibility index (Phi) is 7.96. The molecule has 4 rings (SSSR count). The quantitative estimate of drug-likeness (QED) is 0.446. The number of aromatic nitrogens is 4. The summed E-state index contributed by atoms with van der Waals surface area (Å²) in [6.07, 6.45) is 6.16. The highest BCUT2D eigenvalue weighted by atomic mass is 16.5. The second-order valence-electron chi connectivity index (χ2n) is 8.44. The maximum absolute atomic E-state index is 11.0. The molecule has 0 bridgehead atoms. The van der Waals surface area contributed by atoms with Crippen LogP contribution in [0.15, 0.2) is 36.7 Å². The molecule has 33 heavy (non-hydrogen) atoms. The van der Waals surface area contributed by atoms with Crippen LogP contribution in [0.1, 0.15) is 36.5 Å². The number of nitrogens with zero attached hydrogens (tertiary/aromatic N) is 6. The van der Waals surface area contributed by atoms with Gasteiger partial charge in [0.05, 0.1) is 29.4 Å². The van der Waals surface area contributed by atoms with Crippen molar-refractivity contribution in [2.24, 2.45) is 0 Å². The van der Waals surface area contributed by atoms with Crippen LogP contribution >= 0.6 is 0 Å². The molecule has 1 fully saturated rings. The highest BCUT2D eigenvalue weighted by Crippen LogP contribution is 2.24. The Balaban J connectivity index is 1.31. The number of ether oxygens (including phenoxy) is 1. The normalized spacial score (nSPS) is 15.2. The van der Waals surface area contributed by atoms with Crippen LogP contribution in [0.3, 0.4) is 0 Å². The highest BCUT2D eigenvalue weighted by molar-refractivity contribution is 5.86. The molecule has 9 nitrogen and oxygen atoms in total. The van der Waals surface area contributed by atoms with Gasteiger partial charge in [-0.05, 0) is 51.4 Å². The third-order valence-corrected chi connectivity index (χ3v) is 6.16. The van der Waals surface area contributed by atoms with E-state index in [1.54, 1.807) is 10.9 Å². The monoisotopic (exact) mass is 454 g/mol. The standard InChI is InChI=1S/C24H34N6O3/c1-2-33-17-16-30-22-9-4-3-8-21(22)26-24(30)28-12-7-11-27(14-15-28)10-5-6-13-29-19-20(18-25-29)23(31)32/h3-4,8-9,18-19H,2,5-7,10-17H2,1H3,(H,31,32). The van der Waals surface area contributed by atoms with Gasteiger partial charge in [-0.15, -0.1) is 0 Å². The number of hydrogen-bond donors (Lipinski definition) is 1. The lowest BCUT2D eigenvalue weighted by Gasteiger charge is -2.24. The van der Waals surface area contributed by atoms with E-state index in [0.29, 0.717) is 6.61 Å². The molecule has 1 aromatic carbocycles. The van der Waals surface area contributed by atoms with Crippen LogP contribution < -0.4 is 4.90 Å².